The number of hydrogen-bond donors (Lipinski definition) is 2. The van der Waals surface area contributed by atoms with Crippen LogP contribution in [0, 0.1) is 13.8 Å². The number of nitrogens with two attached hydrogens (primary N) is 1. The molecule has 1 rings (SSSR count). The van der Waals surface area contributed by atoms with Crippen LogP contribution >= 0.6 is 11.6 Å². The standard InChI is InChI=1S/C10H12ClNO2/c1-5-3-7(8(13)4-12)6(2)9(11)10(5)14/h3,14H,4,12H2,1-2H3. The molecule has 0 aliphatic rings. The molecule has 1 aromatic carbocycles. The monoisotopic (exact) mass is 213 g/mol. The Hall–Kier alpha value is -1.06. The van der Waals surface area contributed by atoms with E-state index in [1.54, 1.807) is 19.9 Å². The van der Waals surface area contributed by atoms with Crippen molar-refractivity contribution in [2.75, 3.05) is 6.54 Å². The zero-order chi connectivity index (χ0) is 10.9. The maximum atomic E-state index is 11.4. The summed E-state index contributed by atoms with van der Waals surface area (Å²) in [7, 11) is 0. The summed E-state index contributed by atoms with van der Waals surface area (Å²) in [5.74, 6) is -0.148. The largest absolute Gasteiger partial charge is 0.506 e. The smallest absolute Gasteiger partial charge is 0.176 e. The Morgan fingerprint density at radius 2 is 2.14 bits per heavy atom. The molecule has 0 aromatic heterocycles. The average Bonchev–Trinajstić information content (AvgIpc) is 2.19. The van der Waals surface area contributed by atoms with E-state index in [1.807, 2.05) is 0 Å². The number of carbonyl (C=O) groups is 1. The quantitative estimate of drug-likeness (QED) is 0.737. The molecule has 4 heteroatoms. The van der Waals surface area contributed by atoms with Crippen molar-refractivity contribution < 1.29 is 9.90 Å². The van der Waals surface area contributed by atoms with Crippen LogP contribution in [0.5, 0.6) is 5.75 Å². The lowest BCUT2D eigenvalue weighted by Gasteiger charge is -2.09. The molecule has 0 radical (unpaired) electrons. The second kappa shape index (κ2) is 3.98. The Kier molecular flexibility index (Phi) is 3.13. The van der Waals surface area contributed by atoms with Gasteiger partial charge in [0, 0.05) is 5.56 Å². The second-order valence-electron chi connectivity index (χ2n) is 3.16. The highest BCUT2D eigenvalue weighted by Gasteiger charge is 2.14. The van der Waals surface area contributed by atoms with E-state index in [0.29, 0.717) is 16.7 Å². The normalized spacial score (nSPS) is 10.3. The number of carbonyl (C=O) groups excluding carboxylic acids is 1. The Bertz CT molecular complexity index is 388. The van der Waals surface area contributed by atoms with Crippen molar-refractivity contribution in [3.63, 3.8) is 0 Å². The highest BCUT2D eigenvalue weighted by molar-refractivity contribution is 6.33. The molecule has 0 saturated carbocycles. The van der Waals surface area contributed by atoms with Crippen LogP contribution in [0.4, 0.5) is 0 Å². The molecule has 0 saturated heterocycles. The van der Waals surface area contributed by atoms with Gasteiger partial charge in [0.2, 0.25) is 0 Å². The van der Waals surface area contributed by atoms with Crippen LogP contribution in [0.3, 0.4) is 0 Å². The van der Waals surface area contributed by atoms with Crippen LogP contribution in [0.15, 0.2) is 6.07 Å². The van der Waals surface area contributed by atoms with Crippen LogP contribution in [0.1, 0.15) is 21.5 Å². The first-order valence-electron chi connectivity index (χ1n) is 4.21. The third-order valence-corrected chi connectivity index (χ3v) is 2.62. The van der Waals surface area contributed by atoms with Gasteiger partial charge in [0.1, 0.15) is 5.75 Å². The fraction of sp³-hybridized carbons (Fsp3) is 0.300. The van der Waals surface area contributed by atoms with E-state index in [4.69, 9.17) is 17.3 Å². The van der Waals surface area contributed by atoms with E-state index in [0.717, 1.165) is 0 Å². The van der Waals surface area contributed by atoms with Crippen LogP contribution in [0.2, 0.25) is 5.02 Å². The van der Waals surface area contributed by atoms with Crippen molar-refractivity contribution in [3.05, 3.63) is 27.8 Å². The predicted octanol–water partition coefficient (Wildman–Crippen LogP) is 1.80. The highest BCUT2D eigenvalue weighted by Crippen LogP contribution is 2.32. The third kappa shape index (κ3) is 1.74. The number of ketones is 1. The summed E-state index contributed by atoms with van der Waals surface area (Å²) >= 11 is 5.85. The summed E-state index contributed by atoms with van der Waals surface area (Å²) in [6.07, 6.45) is 0. The molecule has 0 aliphatic carbocycles. The molecule has 0 heterocycles. The Labute approximate surface area is 87.5 Å². The number of rotatable bonds is 2. The van der Waals surface area contributed by atoms with Gasteiger partial charge in [-0.25, -0.2) is 0 Å². The molecule has 14 heavy (non-hydrogen) atoms. The van der Waals surface area contributed by atoms with Crippen LogP contribution in [0.25, 0.3) is 0 Å². The van der Waals surface area contributed by atoms with Crippen LogP contribution in [-0.4, -0.2) is 17.4 Å². The lowest BCUT2D eigenvalue weighted by atomic mass is 10.0. The molecule has 0 fully saturated rings. The summed E-state index contributed by atoms with van der Waals surface area (Å²) in [6, 6.07) is 1.60. The number of aryl methyl sites for hydroxylation is 1. The Morgan fingerprint density at radius 1 is 1.57 bits per heavy atom. The van der Waals surface area contributed by atoms with Crippen molar-refractivity contribution in [1.82, 2.24) is 0 Å². The summed E-state index contributed by atoms with van der Waals surface area (Å²) < 4.78 is 0. The van der Waals surface area contributed by atoms with Crippen LogP contribution in [-0.2, 0) is 0 Å². The summed E-state index contributed by atoms with van der Waals surface area (Å²) in [5, 5.41) is 9.72. The number of Topliss-reactive ketones (excluding diaryl/α,β-unsaturated/α-hetero) is 1. The van der Waals surface area contributed by atoms with Crippen molar-refractivity contribution in [1.29, 1.82) is 0 Å². The van der Waals surface area contributed by atoms with Gasteiger partial charge in [0.25, 0.3) is 0 Å². The highest BCUT2D eigenvalue weighted by atomic mass is 35.5. The molecule has 0 unspecified atom stereocenters. The minimum absolute atomic E-state index is 0.0257. The van der Waals surface area contributed by atoms with Crippen molar-refractivity contribution >= 4 is 17.4 Å². The van der Waals surface area contributed by atoms with Crippen molar-refractivity contribution in [2.24, 2.45) is 5.73 Å². The topological polar surface area (TPSA) is 63.3 Å². The van der Waals surface area contributed by atoms with E-state index in [2.05, 4.69) is 0 Å². The van der Waals surface area contributed by atoms with E-state index >= 15 is 0 Å². The lowest BCUT2D eigenvalue weighted by Crippen LogP contribution is -2.15. The summed E-state index contributed by atoms with van der Waals surface area (Å²) in [4.78, 5) is 11.4. The first kappa shape index (κ1) is 11.0. The number of aromatic hydroxyl groups is 1. The van der Waals surface area contributed by atoms with Gasteiger partial charge in [-0.3, -0.25) is 4.79 Å². The summed E-state index contributed by atoms with van der Waals surface area (Å²) in [6.45, 7) is 3.32. The molecule has 76 valence electrons. The first-order chi connectivity index (χ1) is 6.49. The fourth-order valence-electron chi connectivity index (χ4n) is 1.26. The number of hydrogen-bond acceptors (Lipinski definition) is 3. The molecule has 1 aromatic rings. The second-order valence-corrected chi connectivity index (χ2v) is 3.53. The van der Waals surface area contributed by atoms with Gasteiger partial charge in [-0.2, -0.15) is 0 Å². The molecule has 0 aliphatic heterocycles. The molecule has 0 atom stereocenters. The van der Waals surface area contributed by atoms with Gasteiger partial charge in [-0.1, -0.05) is 11.6 Å². The lowest BCUT2D eigenvalue weighted by molar-refractivity contribution is 0.100. The molecule has 0 spiro atoms. The molecule has 3 N–H and O–H groups in total. The van der Waals surface area contributed by atoms with E-state index in [-0.39, 0.29) is 23.1 Å². The number of halogens is 1. The van der Waals surface area contributed by atoms with Gasteiger partial charge >= 0.3 is 0 Å². The van der Waals surface area contributed by atoms with E-state index in [1.165, 1.54) is 0 Å². The number of phenols is 1. The molecule has 0 bridgehead atoms. The van der Waals surface area contributed by atoms with Crippen molar-refractivity contribution in [2.45, 2.75) is 13.8 Å². The predicted molar refractivity (Wildman–Crippen MR) is 56.0 cm³/mol. The minimum Gasteiger partial charge on any atom is -0.506 e. The Balaban J connectivity index is 3.40. The summed E-state index contributed by atoms with van der Waals surface area (Å²) in [5.41, 5.74) is 6.89. The zero-order valence-corrected chi connectivity index (χ0v) is 8.85. The SMILES string of the molecule is Cc1cc(C(=O)CN)c(C)c(Cl)c1O. The van der Waals surface area contributed by atoms with Crippen LogP contribution < -0.4 is 5.73 Å². The molecular weight excluding hydrogens is 202 g/mol. The molecular formula is C10H12ClNO2. The maximum Gasteiger partial charge on any atom is 0.176 e. The van der Waals surface area contributed by atoms with Gasteiger partial charge < -0.3 is 10.8 Å². The third-order valence-electron chi connectivity index (χ3n) is 2.16. The molecule has 0 amide bonds. The zero-order valence-electron chi connectivity index (χ0n) is 8.10. The first-order valence-corrected chi connectivity index (χ1v) is 4.58. The Morgan fingerprint density at radius 3 is 2.64 bits per heavy atom. The van der Waals surface area contributed by atoms with Gasteiger partial charge in [-0.05, 0) is 31.0 Å². The molecule has 3 nitrogen and oxygen atoms in total. The van der Waals surface area contributed by atoms with E-state index in [9.17, 15) is 9.90 Å². The average molecular weight is 214 g/mol. The van der Waals surface area contributed by atoms with Gasteiger partial charge in [0.15, 0.2) is 5.78 Å². The number of phenolic OH excluding ortho intramolecular Hbond substituents is 1. The maximum absolute atomic E-state index is 11.4. The van der Waals surface area contributed by atoms with Crippen molar-refractivity contribution in [3.8, 4) is 5.75 Å². The fourth-order valence-corrected chi connectivity index (χ4v) is 1.51. The van der Waals surface area contributed by atoms with Gasteiger partial charge in [-0.15, -0.1) is 0 Å². The number of benzene rings is 1. The minimum atomic E-state index is -0.174. The van der Waals surface area contributed by atoms with Gasteiger partial charge in [0.05, 0.1) is 11.6 Å². The van der Waals surface area contributed by atoms with E-state index < -0.39 is 0 Å².